The number of nitrogens with one attached hydrogen (secondary N) is 1. The molecule has 0 spiro atoms. The Morgan fingerprint density at radius 2 is 2.00 bits per heavy atom. The molecular formula is C20H18F5N7O. The number of aromatic nitrogens is 3. The number of carbonyl (C=O) groups is 1. The van der Waals surface area contributed by atoms with Gasteiger partial charge < -0.3 is 15.1 Å². The molecule has 8 nitrogen and oxygen atoms in total. The minimum Gasteiger partial charge on any atom is -0.341 e. The van der Waals surface area contributed by atoms with Crippen LogP contribution in [0.15, 0.2) is 24.4 Å². The smallest absolute Gasteiger partial charge is 0.341 e. The minimum absolute atomic E-state index is 0.00898. The Morgan fingerprint density at radius 1 is 1.24 bits per heavy atom. The SMILES string of the molecule is N#CCC(=O)N1CCC(c2cc(Nc3cc(C(F)(F)F)ccn3)nc(N3CC(F)(F)C3)n2)C1. The minimum atomic E-state index is -4.56. The molecule has 2 aromatic heterocycles. The first-order chi connectivity index (χ1) is 15.5. The van der Waals surface area contributed by atoms with Crippen LogP contribution >= 0.6 is 0 Å². The number of anilines is 3. The lowest BCUT2D eigenvalue weighted by Gasteiger charge is -2.38. The molecule has 1 amide bonds. The van der Waals surface area contributed by atoms with E-state index in [0.717, 1.165) is 18.3 Å². The van der Waals surface area contributed by atoms with Gasteiger partial charge in [0.25, 0.3) is 5.92 Å². The zero-order valence-electron chi connectivity index (χ0n) is 17.1. The van der Waals surface area contributed by atoms with Gasteiger partial charge >= 0.3 is 6.18 Å². The number of likely N-dealkylation sites (tertiary alicyclic amines) is 1. The molecule has 2 fully saturated rings. The molecule has 0 aliphatic carbocycles. The van der Waals surface area contributed by atoms with Crippen molar-refractivity contribution >= 4 is 23.5 Å². The molecule has 1 atom stereocenters. The fourth-order valence-corrected chi connectivity index (χ4v) is 3.74. The van der Waals surface area contributed by atoms with Crippen LogP contribution in [0.5, 0.6) is 0 Å². The first kappa shape index (κ1) is 22.6. The van der Waals surface area contributed by atoms with Crippen LogP contribution in [0.4, 0.5) is 39.5 Å². The largest absolute Gasteiger partial charge is 0.416 e. The molecule has 4 rings (SSSR count). The summed E-state index contributed by atoms with van der Waals surface area (Å²) in [6.07, 6.45) is -3.28. The molecule has 1 unspecified atom stereocenters. The van der Waals surface area contributed by atoms with Crippen LogP contribution < -0.4 is 10.2 Å². The van der Waals surface area contributed by atoms with E-state index in [2.05, 4.69) is 20.3 Å². The molecule has 2 saturated heterocycles. The normalized spacial score (nSPS) is 19.7. The summed E-state index contributed by atoms with van der Waals surface area (Å²) in [4.78, 5) is 27.2. The molecule has 13 heteroatoms. The summed E-state index contributed by atoms with van der Waals surface area (Å²) >= 11 is 0. The molecular weight excluding hydrogens is 449 g/mol. The summed E-state index contributed by atoms with van der Waals surface area (Å²) in [5.74, 6) is -3.45. The predicted octanol–water partition coefficient (Wildman–Crippen LogP) is 3.32. The van der Waals surface area contributed by atoms with Crippen LogP contribution in [0.1, 0.15) is 30.0 Å². The van der Waals surface area contributed by atoms with Crippen LogP contribution in [0.25, 0.3) is 0 Å². The van der Waals surface area contributed by atoms with Crippen LogP contribution in [0.2, 0.25) is 0 Å². The Bertz CT molecular complexity index is 1090. The van der Waals surface area contributed by atoms with Crippen molar-refractivity contribution in [2.45, 2.75) is 30.9 Å². The highest BCUT2D eigenvalue weighted by atomic mass is 19.4. The number of nitrogens with zero attached hydrogens (tertiary/aromatic N) is 6. The van der Waals surface area contributed by atoms with E-state index in [0.29, 0.717) is 18.7 Å². The summed E-state index contributed by atoms with van der Waals surface area (Å²) in [6, 6.07) is 4.96. The molecule has 0 aromatic carbocycles. The quantitative estimate of drug-likeness (QED) is 0.674. The Hall–Kier alpha value is -3.56. The number of amides is 1. The number of halogens is 5. The van der Waals surface area contributed by atoms with Crippen LogP contribution in [-0.2, 0) is 11.0 Å². The molecule has 0 saturated carbocycles. The lowest BCUT2D eigenvalue weighted by Crippen LogP contribution is -2.57. The standard InChI is InChI=1S/C20H18F5N7O/c21-19(22)10-32(11-19)18-28-14(12-3-6-31(9-12)17(33)1-4-26)8-16(30-18)29-15-7-13(2-5-27-15)20(23,24)25/h2,5,7-8,12H,1,3,6,9-11H2,(H,27,28,29,30). The second-order valence-electron chi connectivity index (χ2n) is 7.90. The van der Waals surface area contributed by atoms with E-state index in [-0.39, 0.29) is 42.4 Å². The predicted molar refractivity (Wildman–Crippen MR) is 106 cm³/mol. The third-order valence-corrected chi connectivity index (χ3v) is 5.39. The van der Waals surface area contributed by atoms with Gasteiger partial charge in [-0.15, -0.1) is 0 Å². The highest BCUT2D eigenvalue weighted by Crippen LogP contribution is 2.34. The fourth-order valence-electron chi connectivity index (χ4n) is 3.74. The molecule has 4 heterocycles. The van der Waals surface area contributed by atoms with E-state index >= 15 is 0 Å². The second kappa shape index (κ2) is 8.42. The van der Waals surface area contributed by atoms with Crippen molar-refractivity contribution in [1.29, 1.82) is 5.26 Å². The highest BCUT2D eigenvalue weighted by Gasteiger charge is 2.45. The fraction of sp³-hybridized carbons (Fsp3) is 0.450. The molecule has 174 valence electrons. The second-order valence-corrected chi connectivity index (χ2v) is 7.90. The van der Waals surface area contributed by atoms with Crippen LogP contribution in [-0.4, -0.2) is 57.9 Å². The summed E-state index contributed by atoms with van der Waals surface area (Å²) in [7, 11) is 0. The number of hydrogen-bond donors (Lipinski definition) is 1. The number of pyridine rings is 1. The van der Waals surface area contributed by atoms with Gasteiger partial charge in [-0.1, -0.05) is 0 Å². The molecule has 2 aliphatic heterocycles. The first-order valence-corrected chi connectivity index (χ1v) is 10.0. The summed E-state index contributed by atoms with van der Waals surface area (Å²) in [5.41, 5.74) is -0.448. The van der Waals surface area contributed by atoms with E-state index in [9.17, 15) is 26.7 Å². The van der Waals surface area contributed by atoms with Gasteiger partial charge in [-0.3, -0.25) is 4.79 Å². The highest BCUT2D eigenvalue weighted by molar-refractivity contribution is 5.78. The van der Waals surface area contributed by atoms with Crippen molar-refractivity contribution in [3.05, 3.63) is 35.7 Å². The van der Waals surface area contributed by atoms with Crippen molar-refractivity contribution in [3.63, 3.8) is 0 Å². The zero-order chi connectivity index (χ0) is 23.8. The maximum absolute atomic E-state index is 13.4. The number of hydrogen-bond acceptors (Lipinski definition) is 7. The number of nitriles is 1. The number of alkyl halides is 5. The van der Waals surface area contributed by atoms with Crippen molar-refractivity contribution in [3.8, 4) is 6.07 Å². The van der Waals surface area contributed by atoms with E-state index < -0.39 is 30.8 Å². The maximum atomic E-state index is 13.4. The molecule has 1 N–H and O–H groups in total. The van der Waals surface area contributed by atoms with Gasteiger partial charge in [0.15, 0.2) is 0 Å². The Labute approximate surface area is 185 Å². The summed E-state index contributed by atoms with van der Waals surface area (Å²) in [6.45, 7) is -0.455. The molecule has 33 heavy (non-hydrogen) atoms. The van der Waals surface area contributed by atoms with Crippen LogP contribution in [0.3, 0.4) is 0 Å². The lowest BCUT2D eigenvalue weighted by atomic mass is 10.0. The average Bonchev–Trinajstić information content (AvgIpc) is 3.22. The number of rotatable bonds is 5. The lowest BCUT2D eigenvalue weighted by molar-refractivity contribution is -0.137. The maximum Gasteiger partial charge on any atom is 0.416 e. The monoisotopic (exact) mass is 467 g/mol. The van der Waals surface area contributed by atoms with Gasteiger partial charge in [-0.2, -0.15) is 23.4 Å². The Morgan fingerprint density at radius 3 is 2.67 bits per heavy atom. The van der Waals surface area contributed by atoms with E-state index in [1.54, 1.807) is 6.07 Å². The van der Waals surface area contributed by atoms with Crippen molar-refractivity contribution < 1.29 is 26.7 Å². The summed E-state index contributed by atoms with van der Waals surface area (Å²) in [5, 5.41) is 11.4. The molecule has 2 aliphatic rings. The Balaban J connectivity index is 1.61. The zero-order valence-corrected chi connectivity index (χ0v) is 17.1. The van der Waals surface area contributed by atoms with Gasteiger partial charge in [0, 0.05) is 31.3 Å². The topological polar surface area (TPSA) is 98.0 Å². The van der Waals surface area contributed by atoms with Crippen molar-refractivity contribution in [2.24, 2.45) is 0 Å². The van der Waals surface area contributed by atoms with Gasteiger partial charge in [-0.05, 0) is 18.6 Å². The molecule has 0 radical (unpaired) electrons. The Kier molecular flexibility index (Phi) is 5.77. The summed E-state index contributed by atoms with van der Waals surface area (Å²) < 4.78 is 65.8. The van der Waals surface area contributed by atoms with E-state index in [1.807, 2.05) is 0 Å². The first-order valence-electron chi connectivity index (χ1n) is 10.0. The average molecular weight is 467 g/mol. The van der Waals surface area contributed by atoms with Gasteiger partial charge in [-0.25, -0.2) is 18.7 Å². The van der Waals surface area contributed by atoms with E-state index in [4.69, 9.17) is 5.26 Å². The van der Waals surface area contributed by atoms with Crippen LogP contribution in [0, 0.1) is 11.3 Å². The third kappa shape index (κ3) is 5.10. The molecule has 2 aromatic rings. The number of carbonyl (C=O) groups excluding carboxylic acids is 1. The molecule has 0 bridgehead atoms. The van der Waals surface area contributed by atoms with Gasteiger partial charge in [0.05, 0.1) is 30.4 Å². The third-order valence-electron chi connectivity index (χ3n) is 5.39. The van der Waals surface area contributed by atoms with E-state index in [1.165, 1.54) is 15.9 Å². The van der Waals surface area contributed by atoms with Gasteiger partial charge in [0.2, 0.25) is 11.9 Å². The van der Waals surface area contributed by atoms with Crippen molar-refractivity contribution in [2.75, 3.05) is 36.4 Å². The van der Waals surface area contributed by atoms with Crippen molar-refractivity contribution in [1.82, 2.24) is 19.9 Å². The van der Waals surface area contributed by atoms with Gasteiger partial charge in [0.1, 0.15) is 18.1 Å².